The maximum absolute atomic E-state index is 5.32. The maximum atomic E-state index is 5.32. The van der Waals surface area contributed by atoms with Crippen molar-refractivity contribution < 1.29 is 4.52 Å². The van der Waals surface area contributed by atoms with Crippen molar-refractivity contribution in [1.82, 2.24) is 20.0 Å². The van der Waals surface area contributed by atoms with Crippen molar-refractivity contribution in [2.45, 2.75) is 13.1 Å². The van der Waals surface area contributed by atoms with E-state index in [4.69, 9.17) is 4.52 Å². The molecule has 22 heavy (non-hydrogen) atoms. The molecule has 2 heterocycles. The molecule has 0 unspecified atom stereocenters. The lowest BCUT2D eigenvalue weighted by Crippen LogP contribution is -2.17. The highest BCUT2D eigenvalue weighted by Crippen LogP contribution is 2.19. The molecular weight excluding hydrogens is 344 g/mol. The second-order valence-corrected chi connectivity index (χ2v) is 5.87. The van der Waals surface area contributed by atoms with Crippen LogP contribution >= 0.6 is 15.9 Å². The Labute approximate surface area is 137 Å². The minimum absolute atomic E-state index is 0.567. The average molecular weight is 359 g/mol. The standard InChI is InChI=1S/C16H15BrN4O/c1-21(10-13-5-2-3-7-14(13)17)11-15-19-16(20-22-15)12-6-4-8-18-9-12/h2-9H,10-11H2,1H3. The van der Waals surface area contributed by atoms with E-state index in [1.807, 2.05) is 37.4 Å². The zero-order valence-electron chi connectivity index (χ0n) is 12.1. The van der Waals surface area contributed by atoms with E-state index in [0.717, 1.165) is 16.6 Å². The Hall–Kier alpha value is -2.05. The van der Waals surface area contributed by atoms with Crippen LogP contribution in [0.3, 0.4) is 0 Å². The molecule has 0 aliphatic rings. The average Bonchev–Trinajstić information content (AvgIpc) is 2.99. The summed E-state index contributed by atoms with van der Waals surface area (Å²) in [5.74, 6) is 1.16. The van der Waals surface area contributed by atoms with Crippen LogP contribution in [0.5, 0.6) is 0 Å². The van der Waals surface area contributed by atoms with Crippen molar-refractivity contribution in [2.75, 3.05) is 7.05 Å². The van der Waals surface area contributed by atoms with Crippen molar-refractivity contribution in [2.24, 2.45) is 0 Å². The molecular formula is C16H15BrN4O. The number of hydrogen-bond donors (Lipinski definition) is 0. The number of halogens is 1. The summed E-state index contributed by atoms with van der Waals surface area (Å²) in [5.41, 5.74) is 2.07. The topological polar surface area (TPSA) is 55.1 Å². The first-order valence-corrected chi connectivity index (χ1v) is 7.66. The van der Waals surface area contributed by atoms with Gasteiger partial charge in [-0.2, -0.15) is 4.98 Å². The first-order chi connectivity index (χ1) is 10.7. The lowest BCUT2D eigenvalue weighted by atomic mass is 10.2. The molecule has 0 radical (unpaired) electrons. The molecule has 0 N–H and O–H groups in total. The predicted octanol–water partition coefficient (Wildman–Crippen LogP) is 3.53. The molecule has 112 valence electrons. The van der Waals surface area contributed by atoms with Crippen LogP contribution in [0.2, 0.25) is 0 Å². The van der Waals surface area contributed by atoms with Gasteiger partial charge in [-0.05, 0) is 30.8 Å². The first-order valence-electron chi connectivity index (χ1n) is 6.87. The molecule has 0 spiro atoms. The first kappa shape index (κ1) is 14.9. The van der Waals surface area contributed by atoms with E-state index < -0.39 is 0 Å². The summed E-state index contributed by atoms with van der Waals surface area (Å²) in [6, 6.07) is 11.9. The third kappa shape index (κ3) is 3.58. The lowest BCUT2D eigenvalue weighted by molar-refractivity contribution is 0.260. The second kappa shape index (κ2) is 6.81. The molecule has 0 fully saturated rings. The van der Waals surface area contributed by atoms with Gasteiger partial charge in [-0.3, -0.25) is 9.88 Å². The van der Waals surface area contributed by atoms with Crippen molar-refractivity contribution in [3.63, 3.8) is 0 Å². The third-order valence-electron chi connectivity index (χ3n) is 3.19. The van der Waals surface area contributed by atoms with E-state index >= 15 is 0 Å². The van der Waals surface area contributed by atoms with Gasteiger partial charge in [0.25, 0.3) is 0 Å². The molecule has 2 aromatic heterocycles. The number of benzene rings is 1. The number of hydrogen-bond acceptors (Lipinski definition) is 5. The Morgan fingerprint density at radius 2 is 2.00 bits per heavy atom. The molecule has 0 bridgehead atoms. The van der Waals surface area contributed by atoms with Gasteiger partial charge in [0.05, 0.1) is 6.54 Å². The van der Waals surface area contributed by atoms with Gasteiger partial charge < -0.3 is 4.52 Å². The van der Waals surface area contributed by atoms with E-state index in [2.05, 4.69) is 42.0 Å². The van der Waals surface area contributed by atoms with Crippen molar-refractivity contribution in [1.29, 1.82) is 0 Å². The number of aromatic nitrogens is 3. The van der Waals surface area contributed by atoms with Crippen LogP contribution in [0.25, 0.3) is 11.4 Å². The highest BCUT2D eigenvalue weighted by molar-refractivity contribution is 9.10. The zero-order valence-corrected chi connectivity index (χ0v) is 13.7. The van der Waals surface area contributed by atoms with Gasteiger partial charge in [0.15, 0.2) is 0 Å². The normalized spacial score (nSPS) is 11.0. The zero-order chi connectivity index (χ0) is 15.4. The van der Waals surface area contributed by atoms with Crippen molar-refractivity contribution in [3.05, 3.63) is 64.7 Å². The fourth-order valence-corrected chi connectivity index (χ4v) is 2.55. The van der Waals surface area contributed by atoms with E-state index in [1.54, 1.807) is 12.4 Å². The van der Waals surface area contributed by atoms with E-state index in [9.17, 15) is 0 Å². The second-order valence-electron chi connectivity index (χ2n) is 5.02. The summed E-state index contributed by atoms with van der Waals surface area (Å²) < 4.78 is 6.42. The molecule has 3 rings (SSSR count). The predicted molar refractivity (Wildman–Crippen MR) is 86.8 cm³/mol. The largest absolute Gasteiger partial charge is 0.338 e. The van der Waals surface area contributed by atoms with Crippen LogP contribution < -0.4 is 0 Å². The smallest absolute Gasteiger partial charge is 0.241 e. The van der Waals surface area contributed by atoms with Crippen LogP contribution in [0, 0.1) is 0 Å². The number of nitrogens with zero attached hydrogens (tertiary/aromatic N) is 4. The highest BCUT2D eigenvalue weighted by Gasteiger charge is 2.11. The monoisotopic (exact) mass is 358 g/mol. The van der Waals surface area contributed by atoms with Gasteiger partial charge >= 0.3 is 0 Å². The van der Waals surface area contributed by atoms with E-state index in [1.165, 1.54) is 5.56 Å². The van der Waals surface area contributed by atoms with Crippen LogP contribution in [0.15, 0.2) is 57.8 Å². The highest BCUT2D eigenvalue weighted by atomic mass is 79.9. The quantitative estimate of drug-likeness (QED) is 0.698. The SMILES string of the molecule is CN(Cc1nc(-c2cccnc2)no1)Cc1ccccc1Br. The Morgan fingerprint density at radius 1 is 1.14 bits per heavy atom. The molecule has 1 aromatic carbocycles. The minimum Gasteiger partial charge on any atom is -0.338 e. The molecule has 0 aliphatic carbocycles. The molecule has 0 saturated carbocycles. The lowest BCUT2D eigenvalue weighted by Gasteiger charge is -2.15. The van der Waals surface area contributed by atoms with Crippen LogP contribution in [-0.2, 0) is 13.1 Å². The van der Waals surface area contributed by atoms with Crippen LogP contribution in [0.4, 0.5) is 0 Å². The molecule has 0 amide bonds. The summed E-state index contributed by atoms with van der Waals surface area (Å²) in [6.45, 7) is 1.39. The Kier molecular flexibility index (Phi) is 4.60. The fourth-order valence-electron chi connectivity index (χ4n) is 2.14. The van der Waals surface area contributed by atoms with Gasteiger partial charge in [-0.1, -0.05) is 39.3 Å². The molecule has 3 aromatic rings. The Bertz CT molecular complexity index is 745. The Balaban J connectivity index is 1.66. The minimum atomic E-state index is 0.567. The van der Waals surface area contributed by atoms with Crippen LogP contribution in [0.1, 0.15) is 11.5 Å². The van der Waals surface area contributed by atoms with Gasteiger partial charge in [0.1, 0.15) is 0 Å². The number of rotatable bonds is 5. The maximum Gasteiger partial charge on any atom is 0.241 e. The van der Waals surface area contributed by atoms with Gasteiger partial charge in [0, 0.05) is 29.0 Å². The third-order valence-corrected chi connectivity index (χ3v) is 3.96. The van der Waals surface area contributed by atoms with E-state index in [-0.39, 0.29) is 0 Å². The summed E-state index contributed by atoms with van der Waals surface area (Å²) in [4.78, 5) is 10.6. The van der Waals surface area contributed by atoms with Crippen LogP contribution in [-0.4, -0.2) is 27.1 Å². The molecule has 0 aliphatic heterocycles. The summed E-state index contributed by atoms with van der Waals surface area (Å²) >= 11 is 3.56. The molecule has 0 atom stereocenters. The van der Waals surface area contributed by atoms with Crippen molar-refractivity contribution in [3.8, 4) is 11.4 Å². The molecule has 0 saturated heterocycles. The molecule has 6 heteroatoms. The van der Waals surface area contributed by atoms with Crippen molar-refractivity contribution >= 4 is 15.9 Å². The molecule has 5 nitrogen and oxygen atoms in total. The summed E-state index contributed by atoms with van der Waals surface area (Å²) in [7, 11) is 2.02. The summed E-state index contributed by atoms with van der Waals surface area (Å²) in [6.07, 6.45) is 3.44. The van der Waals surface area contributed by atoms with Gasteiger partial charge in [-0.15, -0.1) is 0 Å². The van der Waals surface area contributed by atoms with Gasteiger partial charge in [0.2, 0.25) is 11.7 Å². The Morgan fingerprint density at radius 3 is 2.77 bits per heavy atom. The van der Waals surface area contributed by atoms with Gasteiger partial charge in [-0.25, -0.2) is 0 Å². The number of pyridine rings is 1. The summed E-state index contributed by atoms with van der Waals surface area (Å²) in [5, 5.41) is 4.00. The fraction of sp³-hybridized carbons (Fsp3) is 0.188. The van der Waals surface area contributed by atoms with E-state index in [0.29, 0.717) is 18.3 Å².